The molecular formula is C12H17BrS. The van der Waals surface area contributed by atoms with Crippen LogP contribution in [-0.4, -0.2) is 4.83 Å². The minimum absolute atomic E-state index is 0.707. The van der Waals surface area contributed by atoms with Crippen molar-refractivity contribution in [1.82, 2.24) is 0 Å². The zero-order valence-corrected chi connectivity index (χ0v) is 11.0. The molecule has 78 valence electrons. The molecule has 0 spiro atoms. The highest BCUT2D eigenvalue weighted by molar-refractivity contribution is 9.09. The fourth-order valence-electron chi connectivity index (χ4n) is 2.39. The number of alkyl halides is 1. The molecule has 1 saturated carbocycles. The van der Waals surface area contributed by atoms with Gasteiger partial charge in [0, 0.05) is 9.70 Å². The van der Waals surface area contributed by atoms with E-state index in [1.165, 1.54) is 37.0 Å². The van der Waals surface area contributed by atoms with E-state index in [-0.39, 0.29) is 0 Å². The molecule has 14 heavy (non-hydrogen) atoms. The van der Waals surface area contributed by atoms with E-state index in [4.69, 9.17) is 0 Å². The van der Waals surface area contributed by atoms with Crippen molar-refractivity contribution in [2.24, 2.45) is 0 Å². The summed E-state index contributed by atoms with van der Waals surface area (Å²) >= 11 is 5.75. The monoisotopic (exact) mass is 272 g/mol. The number of aryl methyl sites for hydroxylation is 1. The van der Waals surface area contributed by atoms with Crippen molar-refractivity contribution in [3.8, 4) is 0 Å². The Morgan fingerprint density at radius 1 is 1.29 bits per heavy atom. The van der Waals surface area contributed by atoms with Gasteiger partial charge in [-0.1, -0.05) is 35.2 Å². The second-order valence-electron chi connectivity index (χ2n) is 4.19. The lowest BCUT2D eigenvalue weighted by atomic mass is 9.92. The van der Waals surface area contributed by atoms with Crippen LogP contribution < -0.4 is 0 Å². The van der Waals surface area contributed by atoms with Gasteiger partial charge in [0.25, 0.3) is 0 Å². The van der Waals surface area contributed by atoms with Crippen molar-refractivity contribution >= 4 is 27.3 Å². The molecule has 0 aliphatic heterocycles. The van der Waals surface area contributed by atoms with Crippen molar-refractivity contribution in [2.45, 2.75) is 49.8 Å². The van der Waals surface area contributed by atoms with E-state index in [0.717, 1.165) is 5.92 Å². The highest BCUT2D eigenvalue weighted by Crippen LogP contribution is 2.38. The molecule has 1 aromatic rings. The Hall–Kier alpha value is 0.180. The quantitative estimate of drug-likeness (QED) is 0.506. The Morgan fingerprint density at radius 3 is 2.79 bits per heavy atom. The number of hydrogen-bond acceptors (Lipinski definition) is 1. The first-order chi connectivity index (χ1) is 6.79. The molecule has 1 heterocycles. The maximum atomic E-state index is 3.86. The fourth-order valence-corrected chi connectivity index (χ4v) is 4.04. The largest absolute Gasteiger partial charge is 0.149 e. The van der Waals surface area contributed by atoms with Gasteiger partial charge in [-0.2, -0.15) is 0 Å². The topological polar surface area (TPSA) is 0 Å². The van der Waals surface area contributed by atoms with Crippen molar-refractivity contribution in [1.29, 1.82) is 0 Å². The molecule has 2 unspecified atom stereocenters. The molecule has 0 N–H and O–H groups in total. The first kappa shape index (κ1) is 10.7. The highest BCUT2D eigenvalue weighted by atomic mass is 79.9. The summed E-state index contributed by atoms with van der Waals surface area (Å²) in [5, 5.41) is 2.23. The second kappa shape index (κ2) is 4.80. The van der Waals surface area contributed by atoms with Crippen molar-refractivity contribution in [3.63, 3.8) is 0 Å². The van der Waals surface area contributed by atoms with Crippen LogP contribution in [0.25, 0.3) is 0 Å². The molecule has 1 fully saturated rings. The highest BCUT2D eigenvalue weighted by Gasteiger charge is 2.24. The van der Waals surface area contributed by atoms with Crippen LogP contribution in [0.5, 0.6) is 0 Å². The molecule has 2 rings (SSSR count). The summed E-state index contributed by atoms with van der Waals surface area (Å²) < 4.78 is 0. The third-order valence-electron chi connectivity index (χ3n) is 3.23. The average molecular weight is 273 g/mol. The van der Waals surface area contributed by atoms with E-state index in [1.54, 1.807) is 5.56 Å². The zero-order valence-electron chi connectivity index (χ0n) is 8.63. The lowest BCUT2D eigenvalue weighted by molar-refractivity contribution is 0.612. The smallest absolute Gasteiger partial charge is 0.0214 e. The predicted octanol–water partition coefficient (Wildman–Crippen LogP) is 4.87. The fraction of sp³-hybridized carbons (Fsp3) is 0.667. The Morgan fingerprint density at radius 2 is 2.07 bits per heavy atom. The molecule has 1 aliphatic carbocycles. The second-order valence-corrected chi connectivity index (χ2v) is 6.49. The Bertz CT molecular complexity index is 292. The van der Waals surface area contributed by atoms with Gasteiger partial charge in [-0.25, -0.2) is 0 Å². The van der Waals surface area contributed by atoms with Gasteiger partial charge in [0.2, 0.25) is 0 Å². The van der Waals surface area contributed by atoms with Gasteiger partial charge < -0.3 is 0 Å². The van der Waals surface area contributed by atoms with E-state index >= 15 is 0 Å². The molecular weight excluding hydrogens is 256 g/mol. The van der Waals surface area contributed by atoms with Crippen LogP contribution in [0.4, 0.5) is 0 Å². The van der Waals surface area contributed by atoms with Crippen molar-refractivity contribution in [3.05, 3.63) is 21.9 Å². The van der Waals surface area contributed by atoms with Crippen molar-refractivity contribution in [2.75, 3.05) is 0 Å². The van der Waals surface area contributed by atoms with Crippen LogP contribution in [0.3, 0.4) is 0 Å². The van der Waals surface area contributed by atoms with Gasteiger partial charge in [0.1, 0.15) is 0 Å². The van der Waals surface area contributed by atoms with E-state index in [2.05, 4.69) is 34.3 Å². The maximum Gasteiger partial charge on any atom is 0.0214 e. The standard InChI is InChI=1S/C12H17BrS/c1-9-10(7-8-14-9)11-5-3-2-4-6-12(11)13/h7-8,11-12H,2-6H2,1H3. The molecule has 0 aromatic carbocycles. The molecule has 0 nitrogen and oxygen atoms in total. The molecule has 2 atom stereocenters. The summed E-state index contributed by atoms with van der Waals surface area (Å²) in [4.78, 5) is 2.22. The van der Waals surface area contributed by atoms with Crippen LogP contribution in [-0.2, 0) is 0 Å². The minimum atomic E-state index is 0.707. The Balaban J connectivity index is 2.19. The average Bonchev–Trinajstić information content (AvgIpc) is 2.46. The predicted molar refractivity (Wildman–Crippen MR) is 67.6 cm³/mol. The van der Waals surface area contributed by atoms with Gasteiger partial charge in [0.05, 0.1) is 0 Å². The normalized spacial score (nSPS) is 28.7. The van der Waals surface area contributed by atoms with Gasteiger partial charge in [-0.3, -0.25) is 0 Å². The van der Waals surface area contributed by atoms with Gasteiger partial charge in [0.15, 0.2) is 0 Å². The lowest BCUT2D eigenvalue weighted by Gasteiger charge is -2.19. The first-order valence-electron chi connectivity index (χ1n) is 5.47. The molecule has 1 aliphatic rings. The number of halogens is 1. The van der Waals surface area contributed by atoms with Crippen LogP contribution in [0.2, 0.25) is 0 Å². The Labute approximate surface area is 98.9 Å². The van der Waals surface area contributed by atoms with E-state index in [9.17, 15) is 0 Å². The van der Waals surface area contributed by atoms with Crippen LogP contribution in [0.15, 0.2) is 11.4 Å². The number of thiophene rings is 1. The summed E-state index contributed by atoms with van der Waals surface area (Å²) in [7, 11) is 0. The number of rotatable bonds is 1. The molecule has 0 bridgehead atoms. The SMILES string of the molecule is Cc1sccc1C1CCCCCC1Br. The third-order valence-corrected chi connectivity index (χ3v) is 5.19. The van der Waals surface area contributed by atoms with Crippen molar-refractivity contribution < 1.29 is 0 Å². The summed E-state index contributed by atoms with van der Waals surface area (Å²) in [5.41, 5.74) is 1.60. The van der Waals surface area contributed by atoms with Crippen LogP contribution in [0.1, 0.15) is 48.5 Å². The first-order valence-corrected chi connectivity index (χ1v) is 7.26. The molecule has 0 radical (unpaired) electrons. The Kier molecular flexibility index (Phi) is 3.67. The van der Waals surface area contributed by atoms with Gasteiger partial charge >= 0.3 is 0 Å². The van der Waals surface area contributed by atoms with Crippen LogP contribution >= 0.6 is 27.3 Å². The molecule has 0 saturated heterocycles. The lowest BCUT2D eigenvalue weighted by Crippen LogP contribution is -2.10. The van der Waals surface area contributed by atoms with E-state index in [0.29, 0.717) is 4.83 Å². The maximum absolute atomic E-state index is 3.86. The van der Waals surface area contributed by atoms with Crippen LogP contribution in [0, 0.1) is 6.92 Å². The molecule has 2 heteroatoms. The summed E-state index contributed by atoms with van der Waals surface area (Å²) in [5.74, 6) is 0.767. The van der Waals surface area contributed by atoms with E-state index in [1.807, 2.05) is 11.3 Å². The number of hydrogen-bond donors (Lipinski definition) is 0. The summed E-state index contributed by atoms with van der Waals surface area (Å²) in [6, 6.07) is 2.32. The zero-order chi connectivity index (χ0) is 9.97. The summed E-state index contributed by atoms with van der Waals surface area (Å²) in [6.07, 6.45) is 6.94. The minimum Gasteiger partial charge on any atom is -0.149 e. The third kappa shape index (κ3) is 2.22. The molecule has 0 amide bonds. The van der Waals surface area contributed by atoms with Gasteiger partial charge in [-0.15, -0.1) is 11.3 Å². The molecule has 1 aromatic heterocycles. The van der Waals surface area contributed by atoms with Gasteiger partial charge in [-0.05, 0) is 42.7 Å². The van der Waals surface area contributed by atoms with E-state index < -0.39 is 0 Å². The summed E-state index contributed by atoms with van der Waals surface area (Å²) in [6.45, 7) is 2.25.